The van der Waals surface area contributed by atoms with Crippen molar-refractivity contribution in [2.75, 3.05) is 19.0 Å². The number of hydrogen-bond donors (Lipinski definition) is 1. The van der Waals surface area contributed by atoms with Crippen LogP contribution in [0.2, 0.25) is 0 Å². The summed E-state index contributed by atoms with van der Waals surface area (Å²) >= 11 is 0. The fraction of sp³-hybridized carbons (Fsp3) is 0.412. The minimum Gasteiger partial charge on any atom is -0.378 e. The summed E-state index contributed by atoms with van der Waals surface area (Å²) in [5, 5.41) is 2.94. The van der Waals surface area contributed by atoms with Gasteiger partial charge in [-0.3, -0.25) is 4.79 Å². The first-order valence-corrected chi connectivity index (χ1v) is 7.74. The normalized spacial score (nSPS) is 13.5. The predicted molar refractivity (Wildman–Crippen MR) is 87.1 cm³/mol. The molecule has 1 aliphatic rings. The quantitative estimate of drug-likeness (QED) is 0.941. The number of amides is 1. The average Bonchev–Trinajstić information content (AvgIpc) is 2.97. The van der Waals surface area contributed by atoms with Crippen LogP contribution < -0.4 is 10.2 Å². The summed E-state index contributed by atoms with van der Waals surface area (Å²) in [5.41, 5.74) is 2.77. The first kappa shape index (κ1) is 14.6. The van der Waals surface area contributed by atoms with Gasteiger partial charge < -0.3 is 14.8 Å². The van der Waals surface area contributed by atoms with Crippen LogP contribution in [-0.4, -0.2) is 29.6 Å². The third kappa shape index (κ3) is 3.13. The topological polar surface area (TPSA) is 50.2 Å². The minimum absolute atomic E-state index is 0.0985. The number of benzene rings is 1. The molecule has 1 N–H and O–H groups in total. The second-order valence-electron chi connectivity index (χ2n) is 5.94. The van der Waals surface area contributed by atoms with Gasteiger partial charge in [0.05, 0.1) is 0 Å². The Hall–Kier alpha value is -2.30. The Balaban J connectivity index is 1.61. The van der Waals surface area contributed by atoms with Crippen molar-refractivity contribution >= 4 is 11.6 Å². The van der Waals surface area contributed by atoms with E-state index in [1.54, 1.807) is 0 Å². The third-order valence-electron chi connectivity index (χ3n) is 4.05. The van der Waals surface area contributed by atoms with Crippen molar-refractivity contribution in [2.45, 2.75) is 32.4 Å². The number of hydrogen-bond acceptors (Lipinski definition) is 3. The number of anilines is 1. The van der Waals surface area contributed by atoms with Crippen LogP contribution in [0.4, 0.5) is 5.69 Å². The number of nitrogens with zero attached hydrogens (tertiary/aromatic N) is 3. The molecule has 0 spiro atoms. The van der Waals surface area contributed by atoms with Gasteiger partial charge in [0.2, 0.25) is 0 Å². The van der Waals surface area contributed by atoms with Gasteiger partial charge in [0.1, 0.15) is 11.5 Å². The van der Waals surface area contributed by atoms with E-state index in [0.29, 0.717) is 12.2 Å². The lowest BCUT2D eigenvalue weighted by Crippen LogP contribution is -2.23. The minimum atomic E-state index is -0.0985. The Labute approximate surface area is 131 Å². The number of nitrogens with one attached hydrogen (secondary N) is 1. The highest BCUT2D eigenvalue weighted by Crippen LogP contribution is 2.15. The first-order chi connectivity index (χ1) is 10.6. The Morgan fingerprint density at radius 1 is 1.27 bits per heavy atom. The van der Waals surface area contributed by atoms with Crippen LogP contribution in [0, 0.1) is 0 Å². The van der Waals surface area contributed by atoms with Crippen LogP contribution in [0.5, 0.6) is 0 Å². The Morgan fingerprint density at radius 2 is 2.05 bits per heavy atom. The van der Waals surface area contributed by atoms with Gasteiger partial charge in [-0.2, -0.15) is 0 Å². The first-order valence-electron chi connectivity index (χ1n) is 7.74. The maximum Gasteiger partial charge on any atom is 0.271 e. The largest absolute Gasteiger partial charge is 0.378 e. The zero-order valence-corrected chi connectivity index (χ0v) is 13.2. The molecule has 0 fully saturated rings. The molecule has 22 heavy (non-hydrogen) atoms. The van der Waals surface area contributed by atoms with Gasteiger partial charge in [0, 0.05) is 45.5 Å². The Morgan fingerprint density at radius 3 is 2.73 bits per heavy atom. The van der Waals surface area contributed by atoms with Gasteiger partial charge in [0.25, 0.3) is 5.91 Å². The van der Waals surface area contributed by atoms with Crippen LogP contribution in [-0.2, 0) is 19.5 Å². The van der Waals surface area contributed by atoms with Crippen molar-refractivity contribution < 1.29 is 4.79 Å². The Kier molecular flexibility index (Phi) is 4.13. The van der Waals surface area contributed by atoms with E-state index in [1.807, 2.05) is 32.4 Å². The molecule has 1 amide bonds. The van der Waals surface area contributed by atoms with Crippen LogP contribution in [0.3, 0.4) is 0 Å². The standard InChI is InChI=1S/C17H22N4O/c1-20(2)14-8-6-13(7-9-14)11-18-17(22)15-12-21-10-4-3-5-16(21)19-15/h6-9,12H,3-5,10-11H2,1-2H3,(H,18,22). The molecule has 3 rings (SSSR count). The summed E-state index contributed by atoms with van der Waals surface area (Å²) in [7, 11) is 4.02. The van der Waals surface area contributed by atoms with E-state index in [1.165, 1.54) is 6.42 Å². The number of fused-ring (bicyclic) bond motifs is 1. The van der Waals surface area contributed by atoms with Gasteiger partial charge in [-0.25, -0.2) is 4.98 Å². The van der Waals surface area contributed by atoms with Gasteiger partial charge >= 0.3 is 0 Å². The predicted octanol–water partition coefficient (Wildman–Crippen LogP) is 2.22. The molecule has 5 nitrogen and oxygen atoms in total. The Bertz CT molecular complexity index is 634. The molecule has 0 unspecified atom stereocenters. The van der Waals surface area contributed by atoms with E-state index in [4.69, 9.17) is 0 Å². The molecule has 0 radical (unpaired) electrons. The molecule has 2 heterocycles. The van der Waals surface area contributed by atoms with E-state index in [0.717, 1.165) is 36.5 Å². The van der Waals surface area contributed by atoms with Gasteiger partial charge in [-0.05, 0) is 30.5 Å². The average molecular weight is 298 g/mol. The van der Waals surface area contributed by atoms with Gasteiger partial charge in [-0.15, -0.1) is 0 Å². The number of carbonyl (C=O) groups excluding carboxylic acids is 1. The maximum atomic E-state index is 12.2. The highest BCUT2D eigenvalue weighted by Gasteiger charge is 2.16. The van der Waals surface area contributed by atoms with E-state index in [2.05, 4.69) is 31.9 Å². The van der Waals surface area contributed by atoms with Crippen LogP contribution >= 0.6 is 0 Å². The molecule has 116 valence electrons. The smallest absolute Gasteiger partial charge is 0.271 e. The number of carbonyl (C=O) groups is 1. The van der Waals surface area contributed by atoms with Gasteiger partial charge in [-0.1, -0.05) is 12.1 Å². The van der Waals surface area contributed by atoms with E-state index < -0.39 is 0 Å². The fourth-order valence-electron chi connectivity index (χ4n) is 2.71. The number of imidazole rings is 1. The van der Waals surface area contributed by atoms with Gasteiger partial charge in [0.15, 0.2) is 0 Å². The fourth-order valence-corrected chi connectivity index (χ4v) is 2.71. The summed E-state index contributed by atoms with van der Waals surface area (Å²) in [5.74, 6) is 0.935. The SMILES string of the molecule is CN(C)c1ccc(CNC(=O)c2cn3c(n2)CCCC3)cc1. The third-order valence-corrected chi connectivity index (χ3v) is 4.05. The lowest BCUT2D eigenvalue weighted by atomic mass is 10.2. The molecule has 0 saturated carbocycles. The second-order valence-corrected chi connectivity index (χ2v) is 5.94. The molecule has 0 atom stereocenters. The second kappa shape index (κ2) is 6.22. The lowest BCUT2D eigenvalue weighted by molar-refractivity contribution is 0.0946. The highest BCUT2D eigenvalue weighted by molar-refractivity contribution is 5.92. The molecular formula is C17H22N4O. The zero-order valence-electron chi connectivity index (χ0n) is 13.2. The zero-order chi connectivity index (χ0) is 15.5. The maximum absolute atomic E-state index is 12.2. The van der Waals surface area contributed by atoms with E-state index >= 15 is 0 Å². The molecule has 0 aliphatic carbocycles. The van der Waals surface area contributed by atoms with Crippen LogP contribution in [0.25, 0.3) is 0 Å². The number of rotatable bonds is 4. The molecule has 2 aromatic rings. The summed E-state index contributed by atoms with van der Waals surface area (Å²) in [6.45, 7) is 1.50. The monoisotopic (exact) mass is 298 g/mol. The van der Waals surface area contributed by atoms with Crippen LogP contribution in [0.15, 0.2) is 30.5 Å². The molecular weight excluding hydrogens is 276 g/mol. The van der Waals surface area contributed by atoms with Crippen molar-refractivity contribution in [3.63, 3.8) is 0 Å². The van der Waals surface area contributed by atoms with E-state index in [9.17, 15) is 4.79 Å². The molecule has 0 saturated heterocycles. The number of aromatic nitrogens is 2. The molecule has 0 bridgehead atoms. The van der Waals surface area contributed by atoms with Crippen molar-refractivity contribution in [2.24, 2.45) is 0 Å². The van der Waals surface area contributed by atoms with Crippen molar-refractivity contribution in [1.82, 2.24) is 14.9 Å². The van der Waals surface area contributed by atoms with E-state index in [-0.39, 0.29) is 5.91 Å². The van der Waals surface area contributed by atoms with Crippen molar-refractivity contribution in [3.8, 4) is 0 Å². The summed E-state index contributed by atoms with van der Waals surface area (Å²) in [4.78, 5) is 18.7. The van der Waals surface area contributed by atoms with Crippen molar-refractivity contribution in [1.29, 1.82) is 0 Å². The summed E-state index contributed by atoms with van der Waals surface area (Å²) in [6, 6.07) is 8.18. The van der Waals surface area contributed by atoms with Crippen molar-refractivity contribution in [3.05, 3.63) is 47.5 Å². The van der Waals surface area contributed by atoms with Crippen LogP contribution in [0.1, 0.15) is 34.7 Å². The number of aryl methyl sites for hydroxylation is 2. The molecule has 5 heteroatoms. The summed E-state index contributed by atoms with van der Waals surface area (Å²) < 4.78 is 2.10. The lowest BCUT2D eigenvalue weighted by Gasteiger charge is -2.12. The highest BCUT2D eigenvalue weighted by atomic mass is 16.1. The summed E-state index contributed by atoms with van der Waals surface area (Å²) in [6.07, 6.45) is 5.18. The molecule has 1 aromatic heterocycles. The molecule has 1 aromatic carbocycles. The molecule has 1 aliphatic heterocycles.